The Kier molecular flexibility index (Phi) is 13.8. The lowest BCUT2D eigenvalue weighted by Crippen LogP contribution is -2.55. The van der Waals surface area contributed by atoms with E-state index in [4.69, 9.17) is 42.1 Å². The first-order valence-electron chi connectivity index (χ1n) is 18.7. The second kappa shape index (κ2) is 18.8. The second-order valence-electron chi connectivity index (χ2n) is 13.9. The number of benzene rings is 4. The summed E-state index contributed by atoms with van der Waals surface area (Å²) in [5, 5.41) is 0.468. The predicted octanol–water partition coefficient (Wildman–Crippen LogP) is 9.04. The van der Waals surface area contributed by atoms with Crippen LogP contribution in [-0.2, 0) is 41.0 Å². The molecule has 18 heteroatoms. The Balaban J connectivity index is 1.40. The number of carbonyl (C=O) groups is 4. The third-order valence-corrected chi connectivity index (χ3v) is 10.2. The van der Waals surface area contributed by atoms with Crippen molar-refractivity contribution in [3.8, 4) is 11.5 Å². The number of halogens is 8. The van der Waals surface area contributed by atoms with Crippen molar-refractivity contribution < 1.29 is 64.5 Å². The lowest BCUT2D eigenvalue weighted by molar-refractivity contribution is -0.188. The fourth-order valence-corrected chi connectivity index (χ4v) is 6.89. The maximum absolute atomic E-state index is 14.4. The smallest absolute Gasteiger partial charge is 0.416 e. The van der Waals surface area contributed by atoms with E-state index in [0.717, 1.165) is 24.3 Å². The number of hydrogen-bond donors (Lipinski definition) is 0. The molecule has 0 aliphatic carbocycles. The van der Waals surface area contributed by atoms with Gasteiger partial charge < -0.3 is 28.7 Å². The molecule has 4 aromatic carbocycles. The van der Waals surface area contributed by atoms with Gasteiger partial charge in [0.1, 0.15) is 11.5 Å². The molecule has 2 saturated heterocycles. The number of nitrogens with zero attached hydrogens (tertiary/aromatic N) is 2. The SMILES string of the molecule is O=C(O[C@H](C(=O)N1CCCC1)[C@H](OC(=O)[C@H](Oc1cccc(C(F)(F)F)c1)c1ccc(Cl)cc1)C(=O)N1CCCC1)[C@H](Oc1cccc(C(F)(F)F)c1)c1ccc(Cl)cc1. The number of likely N-dealkylation sites (tertiary alicyclic amines) is 2. The Morgan fingerprint density at radius 3 is 1.17 bits per heavy atom. The number of ether oxygens (including phenoxy) is 4. The maximum Gasteiger partial charge on any atom is 0.416 e. The van der Waals surface area contributed by atoms with Gasteiger partial charge in [-0.1, -0.05) is 59.6 Å². The Labute approximate surface area is 349 Å². The molecule has 0 bridgehead atoms. The molecule has 0 N–H and O–H groups in total. The standard InChI is InChI=1S/C42H36Cl2F6N2O8/c43-29-15-11-25(12-16-29)33(57-31-9-5-7-27(23-31)41(45,46)47)39(55)59-35(37(53)51-19-1-2-20-51)36(38(54)52-21-3-4-22-52)60-40(56)34(26-13-17-30(44)18-14-26)58-32-10-6-8-28(24-32)42(48,49)50/h5-18,23-24,33-36H,1-4,19-22H2/t33-,34-,35+,36+/m1/s1. The van der Waals surface area contributed by atoms with Gasteiger partial charge in [0, 0.05) is 47.4 Å². The van der Waals surface area contributed by atoms with E-state index in [1.54, 1.807) is 0 Å². The van der Waals surface area contributed by atoms with Crippen LogP contribution in [0.4, 0.5) is 26.3 Å². The van der Waals surface area contributed by atoms with E-state index in [1.165, 1.54) is 70.5 Å². The molecule has 2 fully saturated rings. The molecule has 4 aromatic rings. The van der Waals surface area contributed by atoms with E-state index in [2.05, 4.69) is 0 Å². The molecule has 2 amide bonds. The Morgan fingerprint density at radius 2 is 0.850 bits per heavy atom. The zero-order chi connectivity index (χ0) is 43.2. The molecule has 10 nitrogen and oxygen atoms in total. The summed E-state index contributed by atoms with van der Waals surface area (Å²) >= 11 is 12.2. The summed E-state index contributed by atoms with van der Waals surface area (Å²) in [5.41, 5.74) is -2.11. The number of amides is 2. The highest BCUT2D eigenvalue weighted by molar-refractivity contribution is 6.30. The van der Waals surface area contributed by atoms with Crippen LogP contribution in [0.5, 0.6) is 11.5 Å². The van der Waals surface area contributed by atoms with E-state index in [1.807, 2.05) is 0 Å². The van der Waals surface area contributed by atoms with Gasteiger partial charge in [0.25, 0.3) is 11.8 Å². The van der Waals surface area contributed by atoms with Crippen LogP contribution in [0.2, 0.25) is 10.0 Å². The highest BCUT2D eigenvalue weighted by Crippen LogP contribution is 2.36. The lowest BCUT2D eigenvalue weighted by Gasteiger charge is -2.32. The molecule has 0 spiro atoms. The van der Waals surface area contributed by atoms with Gasteiger partial charge in [0.15, 0.2) is 0 Å². The number of alkyl halides is 6. The van der Waals surface area contributed by atoms with Gasteiger partial charge in [-0.3, -0.25) is 9.59 Å². The van der Waals surface area contributed by atoms with Crippen molar-refractivity contribution in [1.29, 1.82) is 0 Å². The quantitative estimate of drug-likeness (QED) is 0.0967. The molecule has 4 atom stereocenters. The van der Waals surface area contributed by atoms with Crippen LogP contribution in [0.3, 0.4) is 0 Å². The minimum absolute atomic E-state index is 0.0332. The Hall–Kier alpha value is -5.48. The first kappa shape index (κ1) is 44.1. The van der Waals surface area contributed by atoms with Crippen molar-refractivity contribution in [1.82, 2.24) is 9.80 Å². The summed E-state index contributed by atoms with van der Waals surface area (Å²) in [6.07, 6.45) is -15.4. The van der Waals surface area contributed by atoms with Crippen LogP contribution < -0.4 is 9.47 Å². The van der Waals surface area contributed by atoms with Gasteiger partial charge in [-0.05, 0) is 86.3 Å². The monoisotopic (exact) mass is 880 g/mol. The molecule has 0 aromatic heterocycles. The molecular formula is C42H36Cl2F6N2O8. The number of carbonyl (C=O) groups excluding carboxylic acids is 4. The Bertz CT molecular complexity index is 2010. The first-order chi connectivity index (χ1) is 28.5. The van der Waals surface area contributed by atoms with Crippen LogP contribution in [0.1, 0.15) is 60.1 Å². The van der Waals surface area contributed by atoms with Crippen molar-refractivity contribution in [3.05, 3.63) is 129 Å². The molecule has 0 unspecified atom stereocenters. The zero-order valence-corrected chi connectivity index (χ0v) is 32.9. The lowest BCUT2D eigenvalue weighted by atomic mass is 10.1. The summed E-state index contributed by atoms with van der Waals surface area (Å²) in [4.78, 5) is 60.1. The van der Waals surface area contributed by atoms with E-state index < -0.39 is 83.1 Å². The average molecular weight is 882 g/mol. The third kappa shape index (κ3) is 11.0. The average Bonchev–Trinajstić information content (AvgIpc) is 3.97. The number of esters is 2. The van der Waals surface area contributed by atoms with Gasteiger partial charge in [0.2, 0.25) is 24.4 Å². The van der Waals surface area contributed by atoms with Gasteiger partial charge in [-0.2, -0.15) is 26.3 Å². The molecule has 60 heavy (non-hydrogen) atoms. The summed E-state index contributed by atoms with van der Waals surface area (Å²) in [7, 11) is 0. The maximum atomic E-state index is 14.4. The van der Waals surface area contributed by atoms with Gasteiger partial charge in [0.05, 0.1) is 11.1 Å². The number of rotatable bonds is 13. The summed E-state index contributed by atoms with van der Waals surface area (Å²) < 4.78 is 105. The topological polar surface area (TPSA) is 112 Å². The van der Waals surface area contributed by atoms with Crippen LogP contribution in [0.15, 0.2) is 97.1 Å². The highest BCUT2D eigenvalue weighted by Gasteiger charge is 2.47. The van der Waals surface area contributed by atoms with Gasteiger partial charge in [-0.25, -0.2) is 9.59 Å². The summed E-state index contributed by atoms with van der Waals surface area (Å²) in [5.74, 6) is -5.37. The van der Waals surface area contributed by atoms with Crippen molar-refractivity contribution in [2.45, 2.75) is 62.5 Å². The molecular weight excluding hydrogens is 845 g/mol. The zero-order valence-electron chi connectivity index (χ0n) is 31.4. The van der Waals surface area contributed by atoms with Crippen LogP contribution in [0.25, 0.3) is 0 Å². The fraction of sp³-hybridized carbons (Fsp3) is 0.333. The minimum Gasteiger partial charge on any atom is -0.474 e. The van der Waals surface area contributed by atoms with Crippen LogP contribution in [-0.4, -0.2) is 71.9 Å². The summed E-state index contributed by atoms with van der Waals surface area (Å²) in [6.45, 7) is 0.718. The Morgan fingerprint density at radius 1 is 0.517 bits per heavy atom. The molecule has 0 radical (unpaired) electrons. The molecule has 2 aliphatic heterocycles. The van der Waals surface area contributed by atoms with E-state index in [9.17, 15) is 45.5 Å². The van der Waals surface area contributed by atoms with Crippen molar-refractivity contribution in [2.24, 2.45) is 0 Å². The first-order valence-corrected chi connectivity index (χ1v) is 19.4. The second-order valence-corrected chi connectivity index (χ2v) is 14.8. The minimum atomic E-state index is -4.77. The molecule has 2 aliphatic rings. The fourth-order valence-electron chi connectivity index (χ4n) is 6.64. The molecule has 318 valence electrons. The normalized spacial score (nSPS) is 16.4. The molecule has 6 rings (SSSR count). The predicted molar refractivity (Wildman–Crippen MR) is 204 cm³/mol. The highest BCUT2D eigenvalue weighted by atomic mass is 35.5. The van der Waals surface area contributed by atoms with Crippen molar-refractivity contribution in [2.75, 3.05) is 26.2 Å². The third-order valence-electron chi connectivity index (χ3n) is 9.69. The molecule has 2 heterocycles. The number of hydrogen-bond acceptors (Lipinski definition) is 8. The van der Waals surface area contributed by atoms with E-state index >= 15 is 0 Å². The van der Waals surface area contributed by atoms with E-state index in [0.29, 0.717) is 37.8 Å². The van der Waals surface area contributed by atoms with Crippen molar-refractivity contribution in [3.63, 3.8) is 0 Å². The van der Waals surface area contributed by atoms with E-state index in [-0.39, 0.29) is 47.4 Å². The van der Waals surface area contributed by atoms with Crippen LogP contribution >= 0.6 is 23.2 Å². The van der Waals surface area contributed by atoms with Gasteiger partial charge >= 0.3 is 24.3 Å². The largest absolute Gasteiger partial charge is 0.474 e. The van der Waals surface area contributed by atoms with Gasteiger partial charge in [-0.15, -0.1) is 0 Å². The van der Waals surface area contributed by atoms with Crippen molar-refractivity contribution >= 4 is 47.0 Å². The molecule has 0 saturated carbocycles. The summed E-state index contributed by atoms with van der Waals surface area (Å²) in [6, 6.07) is 18.2. The van der Waals surface area contributed by atoms with Crippen LogP contribution in [0, 0.1) is 0 Å².